The van der Waals surface area contributed by atoms with Gasteiger partial charge in [-0.15, -0.1) is 10.2 Å². The fraction of sp³-hybridized carbons (Fsp3) is 0.318. The Morgan fingerprint density at radius 1 is 1.12 bits per heavy atom. The van der Waals surface area contributed by atoms with E-state index in [1.807, 2.05) is 30.8 Å². The van der Waals surface area contributed by atoms with Gasteiger partial charge in [-0.2, -0.15) is 0 Å². The molecule has 0 radical (unpaired) electrons. The SMILES string of the molecule is COC(=O)c1ccccc1NC(=O)CSc1nnc(-c2ccncc2)n1CCCN(C)C. The minimum atomic E-state index is -0.504. The summed E-state index contributed by atoms with van der Waals surface area (Å²) in [4.78, 5) is 30.7. The topological polar surface area (TPSA) is 102 Å². The van der Waals surface area contributed by atoms with Crippen LogP contribution in [-0.4, -0.2) is 70.0 Å². The molecule has 9 nitrogen and oxygen atoms in total. The zero-order chi connectivity index (χ0) is 22.9. The molecular formula is C22H26N6O3S. The third-order valence-corrected chi connectivity index (χ3v) is 5.55. The largest absolute Gasteiger partial charge is 0.465 e. The number of carbonyl (C=O) groups excluding carboxylic acids is 2. The zero-order valence-electron chi connectivity index (χ0n) is 18.3. The van der Waals surface area contributed by atoms with Gasteiger partial charge in [0, 0.05) is 24.5 Å². The van der Waals surface area contributed by atoms with Gasteiger partial charge in [0.15, 0.2) is 11.0 Å². The number of methoxy groups -OCH3 is 1. The zero-order valence-corrected chi connectivity index (χ0v) is 19.1. The summed E-state index contributed by atoms with van der Waals surface area (Å²) in [6.45, 7) is 1.64. The van der Waals surface area contributed by atoms with E-state index in [1.54, 1.807) is 36.7 Å². The van der Waals surface area contributed by atoms with Gasteiger partial charge in [0.2, 0.25) is 5.91 Å². The number of ether oxygens (including phenoxy) is 1. The van der Waals surface area contributed by atoms with Crippen LogP contribution in [-0.2, 0) is 16.1 Å². The number of para-hydroxylation sites is 1. The molecule has 1 amide bonds. The second-order valence-electron chi connectivity index (χ2n) is 7.22. The Morgan fingerprint density at radius 2 is 1.88 bits per heavy atom. The first-order chi connectivity index (χ1) is 15.5. The van der Waals surface area contributed by atoms with Crippen LogP contribution in [0.2, 0.25) is 0 Å². The number of thioether (sulfide) groups is 1. The van der Waals surface area contributed by atoms with Crippen molar-refractivity contribution in [3.8, 4) is 11.4 Å². The van der Waals surface area contributed by atoms with Gasteiger partial charge in [-0.1, -0.05) is 23.9 Å². The minimum Gasteiger partial charge on any atom is -0.465 e. The summed E-state index contributed by atoms with van der Waals surface area (Å²) in [6, 6.07) is 10.5. The van der Waals surface area contributed by atoms with Crippen molar-refractivity contribution >= 4 is 29.3 Å². The van der Waals surface area contributed by atoms with Crippen LogP contribution in [0.15, 0.2) is 53.9 Å². The molecule has 2 heterocycles. The lowest BCUT2D eigenvalue weighted by Gasteiger charge is -2.13. The average Bonchev–Trinajstić information content (AvgIpc) is 3.20. The molecule has 0 unspecified atom stereocenters. The Labute approximate surface area is 191 Å². The van der Waals surface area contributed by atoms with Crippen molar-refractivity contribution in [1.82, 2.24) is 24.6 Å². The van der Waals surface area contributed by atoms with Crippen molar-refractivity contribution in [2.45, 2.75) is 18.1 Å². The van der Waals surface area contributed by atoms with Gasteiger partial charge in [0.05, 0.1) is 24.1 Å². The van der Waals surface area contributed by atoms with Gasteiger partial charge >= 0.3 is 5.97 Å². The predicted octanol–water partition coefficient (Wildman–Crippen LogP) is 2.81. The number of amides is 1. The average molecular weight is 455 g/mol. The lowest BCUT2D eigenvalue weighted by Crippen LogP contribution is -2.18. The first-order valence-corrected chi connectivity index (χ1v) is 11.1. The fourth-order valence-corrected chi connectivity index (χ4v) is 3.82. The highest BCUT2D eigenvalue weighted by molar-refractivity contribution is 7.99. The van der Waals surface area contributed by atoms with Gasteiger partial charge < -0.3 is 19.5 Å². The smallest absolute Gasteiger partial charge is 0.339 e. The monoisotopic (exact) mass is 454 g/mol. The van der Waals surface area contributed by atoms with Crippen LogP contribution < -0.4 is 5.32 Å². The van der Waals surface area contributed by atoms with Crippen molar-refractivity contribution in [2.75, 3.05) is 38.8 Å². The lowest BCUT2D eigenvalue weighted by molar-refractivity contribution is -0.113. The van der Waals surface area contributed by atoms with E-state index in [4.69, 9.17) is 4.74 Å². The van der Waals surface area contributed by atoms with Crippen molar-refractivity contribution in [1.29, 1.82) is 0 Å². The van der Waals surface area contributed by atoms with Crippen LogP contribution in [0.1, 0.15) is 16.8 Å². The highest BCUT2D eigenvalue weighted by Crippen LogP contribution is 2.24. The Hall–Kier alpha value is -3.24. The Bertz CT molecular complexity index is 1050. The highest BCUT2D eigenvalue weighted by Gasteiger charge is 2.17. The third kappa shape index (κ3) is 6.14. The molecular weight excluding hydrogens is 428 g/mol. The standard InChI is InChI=1S/C22H26N6O3S/c1-27(2)13-6-14-28-20(16-9-11-23-12-10-16)25-26-22(28)32-15-19(29)24-18-8-5-4-7-17(18)21(30)31-3/h4-5,7-12H,6,13-15H2,1-3H3,(H,24,29). The number of hydrogen-bond acceptors (Lipinski definition) is 8. The quantitative estimate of drug-likeness (QED) is 0.369. The van der Waals surface area contributed by atoms with Crippen molar-refractivity contribution in [2.24, 2.45) is 0 Å². The molecule has 0 fully saturated rings. The molecule has 168 valence electrons. The fourth-order valence-electron chi connectivity index (χ4n) is 3.05. The maximum atomic E-state index is 12.6. The van der Waals surface area contributed by atoms with Gasteiger partial charge in [0.25, 0.3) is 0 Å². The molecule has 3 aromatic rings. The summed E-state index contributed by atoms with van der Waals surface area (Å²) < 4.78 is 6.80. The summed E-state index contributed by atoms with van der Waals surface area (Å²) in [6.07, 6.45) is 4.34. The van der Waals surface area contributed by atoms with Crippen LogP contribution in [0.4, 0.5) is 5.69 Å². The highest BCUT2D eigenvalue weighted by atomic mass is 32.2. The van der Waals surface area contributed by atoms with Crippen LogP contribution in [0.25, 0.3) is 11.4 Å². The number of anilines is 1. The number of hydrogen-bond donors (Lipinski definition) is 1. The molecule has 0 aliphatic heterocycles. The van der Waals surface area contributed by atoms with E-state index in [2.05, 4.69) is 25.4 Å². The summed E-state index contributed by atoms with van der Waals surface area (Å²) in [5, 5.41) is 12.1. The molecule has 0 aliphatic carbocycles. The second kappa shape index (κ2) is 11.4. The number of carbonyl (C=O) groups is 2. The van der Waals surface area contributed by atoms with E-state index in [-0.39, 0.29) is 11.7 Å². The molecule has 0 atom stereocenters. The molecule has 1 aromatic carbocycles. The first-order valence-electron chi connectivity index (χ1n) is 10.1. The normalized spacial score (nSPS) is 10.9. The number of nitrogens with one attached hydrogen (secondary N) is 1. The summed E-state index contributed by atoms with van der Waals surface area (Å²) in [5.74, 6) is 0.110. The summed E-state index contributed by atoms with van der Waals surface area (Å²) >= 11 is 1.30. The number of aromatic nitrogens is 4. The van der Waals surface area contributed by atoms with E-state index in [0.717, 1.165) is 30.9 Å². The summed E-state index contributed by atoms with van der Waals surface area (Å²) in [5.41, 5.74) is 1.63. The molecule has 0 saturated heterocycles. The molecule has 1 N–H and O–H groups in total. The number of benzene rings is 1. The van der Waals surface area contributed by atoms with Gasteiger partial charge in [-0.05, 0) is 51.3 Å². The third-order valence-electron chi connectivity index (χ3n) is 4.58. The molecule has 3 rings (SSSR count). The maximum absolute atomic E-state index is 12.6. The van der Waals surface area contributed by atoms with Crippen molar-refractivity contribution in [3.63, 3.8) is 0 Å². The predicted molar refractivity (Wildman–Crippen MR) is 124 cm³/mol. The van der Waals surface area contributed by atoms with E-state index < -0.39 is 5.97 Å². The number of esters is 1. The molecule has 0 bridgehead atoms. The molecule has 0 saturated carbocycles. The van der Waals surface area contributed by atoms with Crippen LogP contribution in [0, 0.1) is 0 Å². The van der Waals surface area contributed by atoms with Crippen LogP contribution in [0.5, 0.6) is 0 Å². The second-order valence-corrected chi connectivity index (χ2v) is 8.17. The molecule has 0 spiro atoms. The number of nitrogens with zero attached hydrogens (tertiary/aromatic N) is 5. The van der Waals surface area contributed by atoms with E-state index in [9.17, 15) is 9.59 Å². The first kappa shape index (κ1) is 23.4. The van der Waals surface area contributed by atoms with Gasteiger partial charge in [-0.3, -0.25) is 9.78 Å². The van der Waals surface area contributed by atoms with E-state index in [0.29, 0.717) is 16.4 Å². The molecule has 10 heteroatoms. The minimum absolute atomic E-state index is 0.123. The maximum Gasteiger partial charge on any atom is 0.339 e. The van der Waals surface area contributed by atoms with Crippen LogP contribution in [0.3, 0.4) is 0 Å². The number of rotatable bonds is 10. The van der Waals surface area contributed by atoms with Gasteiger partial charge in [0.1, 0.15) is 0 Å². The van der Waals surface area contributed by atoms with Crippen LogP contribution >= 0.6 is 11.8 Å². The lowest BCUT2D eigenvalue weighted by atomic mass is 10.2. The Kier molecular flexibility index (Phi) is 8.34. The number of pyridine rings is 1. The molecule has 2 aromatic heterocycles. The van der Waals surface area contributed by atoms with Gasteiger partial charge in [-0.25, -0.2) is 4.79 Å². The van der Waals surface area contributed by atoms with Crippen molar-refractivity contribution in [3.05, 3.63) is 54.4 Å². The Balaban J connectivity index is 1.72. The molecule has 32 heavy (non-hydrogen) atoms. The molecule has 0 aliphatic rings. The van der Waals surface area contributed by atoms with Crippen molar-refractivity contribution < 1.29 is 14.3 Å². The summed E-state index contributed by atoms with van der Waals surface area (Å²) in [7, 11) is 5.37. The van der Waals surface area contributed by atoms with E-state index >= 15 is 0 Å². The van der Waals surface area contributed by atoms with E-state index in [1.165, 1.54) is 18.9 Å². The Morgan fingerprint density at radius 3 is 2.59 bits per heavy atom.